The van der Waals surface area contributed by atoms with E-state index in [2.05, 4.69) is 34.8 Å². The molecule has 0 bridgehead atoms. The monoisotopic (exact) mass is 219 g/mol. The molecular formula is C7H10BrNS. The quantitative estimate of drug-likeness (QED) is 0.698. The first kappa shape index (κ1) is 8.21. The van der Waals surface area contributed by atoms with E-state index in [1.807, 2.05) is 11.6 Å². The SMILES string of the molecule is CC(C)(CBr)c1nccs1. The van der Waals surface area contributed by atoms with Gasteiger partial charge >= 0.3 is 0 Å². The zero-order valence-corrected chi connectivity index (χ0v) is 8.50. The maximum Gasteiger partial charge on any atom is 0.0989 e. The van der Waals surface area contributed by atoms with E-state index in [0.717, 1.165) is 5.33 Å². The molecule has 0 aromatic carbocycles. The van der Waals surface area contributed by atoms with Crippen molar-refractivity contribution in [3.8, 4) is 0 Å². The highest BCUT2D eigenvalue weighted by atomic mass is 79.9. The number of thiazole rings is 1. The van der Waals surface area contributed by atoms with Gasteiger partial charge in [0.25, 0.3) is 0 Å². The first-order chi connectivity index (χ1) is 4.67. The highest BCUT2D eigenvalue weighted by Gasteiger charge is 2.20. The fourth-order valence-electron chi connectivity index (χ4n) is 0.615. The number of alkyl halides is 1. The first-order valence-electron chi connectivity index (χ1n) is 3.13. The van der Waals surface area contributed by atoms with E-state index in [-0.39, 0.29) is 5.41 Å². The number of nitrogens with zero attached hydrogens (tertiary/aromatic N) is 1. The Labute approximate surface area is 73.6 Å². The first-order valence-corrected chi connectivity index (χ1v) is 5.13. The Bertz CT molecular complexity index is 193. The van der Waals surface area contributed by atoms with E-state index < -0.39 is 0 Å². The Morgan fingerprint density at radius 1 is 1.70 bits per heavy atom. The molecule has 0 unspecified atom stereocenters. The summed E-state index contributed by atoms with van der Waals surface area (Å²) in [6, 6.07) is 0. The molecule has 10 heavy (non-hydrogen) atoms. The third-order valence-corrected chi connectivity index (χ3v) is 3.89. The number of aromatic nitrogens is 1. The van der Waals surface area contributed by atoms with Crippen LogP contribution in [0, 0.1) is 0 Å². The van der Waals surface area contributed by atoms with Crippen molar-refractivity contribution in [3.05, 3.63) is 16.6 Å². The van der Waals surface area contributed by atoms with Crippen molar-refractivity contribution in [1.82, 2.24) is 4.98 Å². The van der Waals surface area contributed by atoms with Crippen LogP contribution in [-0.2, 0) is 5.41 Å². The standard InChI is InChI=1S/C7H10BrNS/c1-7(2,5-8)6-9-3-4-10-6/h3-4H,5H2,1-2H3. The van der Waals surface area contributed by atoms with Crippen molar-refractivity contribution in [1.29, 1.82) is 0 Å². The minimum absolute atomic E-state index is 0.189. The average molecular weight is 220 g/mol. The van der Waals surface area contributed by atoms with Gasteiger partial charge in [-0.15, -0.1) is 11.3 Å². The van der Waals surface area contributed by atoms with Crippen LogP contribution in [0.1, 0.15) is 18.9 Å². The van der Waals surface area contributed by atoms with Crippen LogP contribution < -0.4 is 0 Å². The van der Waals surface area contributed by atoms with Gasteiger partial charge in [0.05, 0.1) is 5.01 Å². The normalized spacial score (nSPS) is 11.9. The zero-order chi connectivity index (χ0) is 7.61. The summed E-state index contributed by atoms with van der Waals surface area (Å²) < 4.78 is 0. The predicted molar refractivity (Wildman–Crippen MR) is 48.9 cm³/mol. The molecule has 0 saturated heterocycles. The molecule has 56 valence electrons. The summed E-state index contributed by atoms with van der Waals surface area (Å²) in [7, 11) is 0. The molecule has 1 aromatic rings. The molecule has 0 radical (unpaired) electrons. The van der Waals surface area contributed by atoms with Gasteiger partial charge in [0.15, 0.2) is 0 Å². The Morgan fingerprint density at radius 2 is 2.40 bits per heavy atom. The van der Waals surface area contributed by atoms with Gasteiger partial charge in [-0.05, 0) is 0 Å². The Balaban J connectivity index is 2.85. The van der Waals surface area contributed by atoms with Crippen LogP contribution in [0.25, 0.3) is 0 Å². The van der Waals surface area contributed by atoms with Crippen molar-refractivity contribution in [2.24, 2.45) is 0 Å². The molecule has 0 aliphatic carbocycles. The van der Waals surface area contributed by atoms with Gasteiger partial charge in [-0.2, -0.15) is 0 Å². The molecule has 1 heterocycles. The third kappa shape index (κ3) is 1.58. The lowest BCUT2D eigenvalue weighted by molar-refractivity contribution is 0.601. The van der Waals surface area contributed by atoms with Crippen LogP contribution in [0.15, 0.2) is 11.6 Å². The molecule has 3 heteroatoms. The summed E-state index contributed by atoms with van der Waals surface area (Å²) in [5, 5.41) is 4.18. The van der Waals surface area contributed by atoms with Gasteiger partial charge in [0.1, 0.15) is 0 Å². The Morgan fingerprint density at radius 3 is 2.80 bits per heavy atom. The van der Waals surface area contributed by atoms with Crippen molar-refractivity contribution >= 4 is 27.3 Å². The van der Waals surface area contributed by atoms with Crippen LogP contribution in [0.5, 0.6) is 0 Å². The zero-order valence-electron chi connectivity index (χ0n) is 6.10. The number of hydrogen-bond acceptors (Lipinski definition) is 2. The van der Waals surface area contributed by atoms with E-state index in [9.17, 15) is 0 Å². The summed E-state index contributed by atoms with van der Waals surface area (Å²) >= 11 is 5.17. The van der Waals surface area contributed by atoms with Crippen molar-refractivity contribution in [3.63, 3.8) is 0 Å². The molecule has 0 N–H and O–H groups in total. The average Bonchev–Trinajstić information content (AvgIpc) is 2.38. The van der Waals surface area contributed by atoms with Gasteiger partial charge in [-0.1, -0.05) is 29.8 Å². The van der Waals surface area contributed by atoms with Crippen LogP contribution in [0.3, 0.4) is 0 Å². The molecule has 1 aromatic heterocycles. The van der Waals surface area contributed by atoms with Crippen LogP contribution >= 0.6 is 27.3 Å². The minimum Gasteiger partial charge on any atom is -0.249 e. The van der Waals surface area contributed by atoms with Crippen molar-refractivity contribution in [2.75, 3.05) is 5.33 Å². The molecule has 1 rings (SSSR count). The predicted octanol–water partition coefficient (Wildman–Crippen LogP) is 2.82. The molecule has 0 aliphatic rings. The van der Waals surface area contributed by atoms with E-state index >= 15 is 0 Å². The smallest absolute Gasteiger partial charge is 0.0989 e. The summed E-state index contributed by atoms with van der Waals surface area (Å²) in [6.07, 6.45) is 1.85. The molecule has 1 nitrogen and oxygen atoms in total. The second kappa shape index (κ2) is 3.01. The number of halogens is 1. The largest absolute Gasteiger partial charge is 0.249 e. The van der Waals surface area contributed by atoms with Crippen molar-refractivity contribution < 1.29 is 0 Å². The lowest BCUT2D eigenvalue weighted by Crippen LogP contribution is -2.17. The molecule has 0 atom stereocenters. The van der Waals surface area contributed by atoms with Crippen LogP contribution in [0.2, 0.25) is 0 Å². The Hall–Kier alpha value is 0.110. The molecule has 0 saturated carbocycles. The van der Waals surface area contributed by atoms with Crippen molar-refractivity contribution in [2.45, 2.75) is 19.3 Å². The van der Waals surface area contributed by atoms with E-state index in [1.54, 1.807) is 11.3 Å². The summed E-state index contributed by atoms with van der Waals surface area (Å²) in [5.74, 6) is 0. The highest BCUT2D eigenvalue weighted by molar-refractivity contribution is 9.09. The molecular weight excluding hydrogens is 210 g/mol. The van der Waals surface area contributed by atoms with Gasteiger partial charge in [-0.3, -0.25) is 0 Å². The second-order valence-corrected chi connectivity index (χ2v) is 4.31. The molecule has 0 amide bonds. The third-order valence-electron chi connectivity index (χ3n) is 1.35. The van der Waals surface area contributed by atoms with Gasteiger partial charge in [0, 0.05) is 22.3 Å². The lowest BCUT2D eigenvalue weighted by atomic mass is 9.98. The molecule has 0 spiro atoms. The fraction of sp³-hybridized carbons (Fsp3) is 0.571. The lowest BCUT2D eigenvalue weighted by Gasteiger charge is -2.17. The van der Waals surface area contributed by atoms with Gasteiger partial charge in [-0.25, -0.2) is 4.98 Å². The maximum atomic E-state index is 4.25. The number of rotatable bonds is 2. The van der Waals surface area contributed by atoms with E-state index in [1.165, 1.54) is 5.01 Å². The van der Waals surface area contributed by atoms with Crippen LogP contribution in [-0.4, -0.2) is 10.3 Å². The summed E-state index contributed by atoms with van der Waals surface area (Å²) in [4.78, 5) is 4.25. The Kier molecular flexibility index (Phi) is 2.47. The van der Waals surface area contributed by atoms with Gasteiger partial charge in [0.2, 0.25) is 0 Å². The fourth-order valence-corrected chi connectivity index (χ4v) is 1.83. The maximum absolute atomic E-state index is 4.25. The second-order valence-electron chi connectivity index (χ2n) is 2.85. The number of hydrogen-bond donors (Lipinski definition) is 0. The van der Waals surface area contributed by atoms with Gasteiger partial charge < -0.3 is 0 Å². The highest BCUT2D eigenvalue weighted by Crippen LogP contribution is 2.26. The topological polar surface area (TPSA) is 12.9 Å². The molecule has 0 aliphatic heterocycles. The summed E-state index contributed by atoms with van der Waals surface area (Å²) in [6.45, 7) is 4.36. The molecule has 0 fully saturated rings. The van der Waals surface area contributed by atoms with Crippen LogP contribution in [0.4, 0.5) is 0 Å². The van der Waals surface area contributed by atoms with E-state index in [0.29, 0.717) is 0 Å². The summed E-state index contributed by atoms with van der Waals surface area (Å²) in [5.41, 5.74) is 0.189. The van der Waals surface area contributed by atoms with E-state index in [4.69, 9.17) is 0 Å². The minimum atomic E-state index is 0.189.